The van der Waals surface area contributed by atoms with Crippen LogP contribution in [0.5, 0.6) is 0 Å². The fourth-order valence-corrected chi connectivity index (χ4v) is 5.87. The van der Waals surface area contributed by atoms with Gasteiger partial charge in [0.1, 0.15) is 6.04 Å². The lowest BCUT2D eigenvalue weighted by Gasteiger charge is -2.38. The Morgan fingerprint density at radius 1 is 0.879 bits per heavy atom. The van der Waals surface area contributed by atoms with Crippen molar-refractivity contribution < 1.29 is 18.1 Å². The van der Waals surface area contributed by atoms with Crippen LogP contribution in [0.25, 0.3) is 0 Å². The molecule has 0 aromatic heterocycles. The average Bonchev–Trinajstić information content (AvgIpc) is 2.82. The van der Waals surface area contributed by atoms with Crippen LogP contribution in [-0.4, -0.2) is 42.2 Å². The Bertz CT molecular complexity index is 1250. The number of carbonyl (C=O) groups excluding carboxylic acids is 1. The summed E-state index contributed by atoms with van der Waals surface area (Å²) in [5.74, 6) is -0.423. The Labute approximate surface area is 192 Å². The van der Waals surface area contributed by atoms with E-state index in [0.717, 1.165) is 21.5 Å². The molecule has 8 nitrogen and oxygen atoms in total. The second kappa shape index (κ2) is 9.51. The zero-order chi connectivity index (χ0) is 23.4. The minimum atomic E-state index is -4.33. The van der Waals surface area contributed by atoms with Gasteiger partial charge in [-0.2, -0.15) is 4.31 Å². The van der Waals surface area contributed by atoms with Crippen molar-refractivity contribution in [3.05, 3.63) is 106 Å². The van der Waals surface area contributed by atoms with Crippen LogP contribution in [0.15, 0.2) is 89.8 Å². The molecule has 0 aliphatic carbocycles. The van der Waals surface area contributed by atoms with Gasteiger partial charge in [-0.25, -0.2) is 8.42 Å². The van der Waals surface area contributed by atoms with Crippen LogP contribution < -0.4 is 5.32 Å². The first kappa shape index (κ1) is 22.6. The maximum Gasteiger partial charge on any atom is 0.289 e. The van der Waals surface area contributed by atoms with Crippen LogP contribution in [0.1, 0.15) is 11.1 Å². The quantitative estimate of drug-likeness (QED) is 0.426. The van der Waals surface area contributed by atoms with Gasteiger partial charge in [-0.3, -0.25) is 14.9 Å². The summed E-state index contributed by atoms with van der Waals surface area (Å²) in [5.41, 5.74) is 1.23. The van der Waals surface area contributed by atoms with Crippen molar-refractivity contribution >= 4 is 21.6 Å². The van der Waals surface area contributed by atoms with Gasteiger partial charge in [-0.1, -0.05) is 72.8 Å². The maximum atomic E-state index is 13.7. The van der Waals surface area contributed by atoms with Crippen molar-refractivity contribution in [3.8, 4) is 0 Å². The topological polar surface area (TPSA) is 110 Å². The van der Waals surface area contributed by atoms with Crippen LogP contribution in [0.4, 0.5) is 5.69 Å². The Morgan fingerprint density at radius 2 is 1.42 bits per heavy atom. The number of hydrogen-bond acceptors (Lipinski definition) is 5. The molecule has 9 heteroatoms. The zero-order valence-corrected chi connectivity index (χ0v) is 18.5. The molecule has 1 heterocycles. The van der Waals surface area contributed by atoms with Crippen LogP contribution in [-0.2, 0) is 27.7 Å². The van der Waals surface area contributed by atoms with Crippen LogP contribution in [0.3, 0.4) is 0 Å². The fourth-order valence-electron chi connectivity index (χ4n) is 4.08. The molecule has 0 bridgehead atoms. The first-order chi connectivity index (χ1) is 15.9. The third-order valence-corrected chi connectivity index (χ3v) is 7.56. The van der Waals surface area contributed by atoms with E-state index in [9.17, 15) is 23.3 Å². The zero-order valence-electron chi connectivity index (χ0n) is 17.7. The molecular formula is C24H23N3O5S. The second-order valence-electron chi connectivity index (χ2n) is 7.90. The molecule has 1 aliphatic heterocycles. The molecule has 4 rings (SSSR count). The smallest absolute Gasteiger partial charge is 0.289 e. The van der Waals surface area contributed by atoms with Crippen LogP contribution in [0.2, 0.25) is 0 Å². The minimum absolute atomic E-state index is 0.00646. The molecule has 1 fully saturated rings. The second-order valence-corrected chi connectivity index (χ2v) is 9.76. The summed E-state index contributed by atoms with van der Waals surface area (Å²) < 4.78 is 28.5. The summed E-state index contributed by atoms with van der Waals surface area (Å²) in [6, 6.07) is 22.3. The number of rotatable bonds is 7. The molecule has 2 atom stereocenters. The van der Waals surface area contributed by atoms with Crippen LogP contribution >= 0.6 is 0 Å². The Kier molecular flexibility index (Phi) is 6.52. The van der Waals surface area contributed by atoms with Gasteiger partial charge in [0.15, 0.2) is 4.90 Å². The monoisotopic (exact) mass is 465 g/mol. The highest BCUT2D eigenvalue weighted by Crippen LogP contribution is 2.30. The van der Waals surface area contributed by atoms with Gasteiger partial charge in [0.05, 0.1) is 4.92 Å². The summed E-state index contributed by atoms with van der Waals surface area (Å²) in [7, 11) is -4.33. The lowest BCUT2D eigenvalue weighted by Crippen LogP contribution is -2.62. The van der Waals surface area contributed by atoms with E-state index < -0.39 is 43.5 Å². The highest BCUT2D eigenvalue weighted by atomic mass is 32.2. The Balaban J connectivity index is 1.73. The van der Waals surface area contributed by atoms with E-state index in [1.807, 2.05) is 60.7 Å². The van der Waals surface area contributed by atoms with Gasteiger partial charge < -0.3 is 5.32 Å². The van der Waals surface area contributed by atoms with E-state index in [0.29, 0.717) is 6.42 Å². The molecular weight excluding hydrogens is 442 g/mol. The van der Waals surface area contributed by atoms with E-state index in [1.165, 1.54) is 18.2 Å². The number of nitro groups is 1. The average molecular weight is 466 g/mol. The van der Waals surface area contributed by atoms with Crippen molar-refractivity contribution in [2.24, 2.45) is 0 Å². The lowest BCUT2D eigenvalue weighted by atomic mass is 9.99. The summed E-state index contributed by atoms with van der Waals surface area (Å²) in [6.07, 6.45) is 0.595. The maximum absolute atomic E-state index is 13.7. The van der Waals surface area contributed by atoms with Crippen molar-refractivity contribution in [3.63, 3.8) is 0 Å². The van der Waals surface area contributed by atoms with Gasteiger partial charge in [-0.15, -0.1) is 0 Å². The number of benzene rings is 3. The summed E-state index contributed by atoms with van der Waals surface area (Å²) in [5, 5.41) is 14.5. The molecule has 3 aromatic rings. The van der Waals surface area contributed by atoms with E-state index in [-0.39, 0.29) is 13.0 Å². The number of nitrogens with one attached hydrogen (secondary N) is 1. The number of hydrogen-bond donors (Lipinski definition) is 1. The third kappa shape index (κ3) is 4.94. The van der Waals surface area contributed by atoms with Gasteiger partial charge >= 0.3 is 0 Å². The van der Waals surface area contributed by atoms with E-state index in [4.69, 9.17) is 0 Å². The first-order valence-electron chi connectivity index (χ1n) is 10.5. The SMILES string of the molecule is O=C1N[C@H](Cc2ccccc2)CN(S(=O)(=O)c2ccccc2[N+](=O)[O-])[C@H]1Cc1ccccc1. The van der Waals surface area contributed by atoms with E-state index >= 15 is 0 Å². The molecule has 0 saturated carbocycles. The summed E-state index contributed by atoms with van der Waals surface area (Å²) in [4.78, 5) is 23.6. The van der Waals surface area contributed by atoms with Gasteiger partial charge in [0, 0.05) is 18.7 Å². The molecule has 0 radical (unpaired) electrons. The summed E-state index contributed by atoms with van der Waals surface area (Å²) in [6.45, 7) is 0.00646. The largest absolute Gasteiger partial charge is 0.350 e. The standard InChI is InChI=1S/C24H23N3O5S/c28-24-22(16-19-11-5-2-6-12-19)26(17-20(25-24)15-18-9-3-1-4-10-18)33(31,32)23-14-8-7-13-21(23)27(29)30/h1-14,20,22H,15-17H2,(H,25,28)/t20-,22+/m1/s1. The van der Waals surface area contributed by atoms with Crippen molar-refractivity contribution in [2.45, 2.75) is 29.8 Å². The van der Waals surface area contributed by atoms with Crippen LogP contribution in [0, 0.1) is 10.1 Å². The molecule has 1 saturated heterocycles. The number of amides is 1. The third-order valence-electron chi connectivity index (χ3n) is 5.64. The molecule has 170 valence electrons. The normalized spacial score (nSPS) is 19.1. The van der Waals surface area contributed by atoms with Crippen molar-refractivity contribution in [1.82, 2.24) is 9.62 Å². The van der Waals surface area contributed by atoms with Crippen molar-refractivity contribution in [2.75, 3.05) is 6.54 Å². The number of sulfonamides is 1. The highest BCUT2D eigenvalue weighted by Gasteiger charge is 2.43. The molecule has 1 aliphatic rings. The fraction of sp³-hybridized carbons (Fsp3) is 0.208. The number of piperazine rings is 1. The number of nitrogens with zero attached hydrogens (tertiary/aromatic N) is 2. The predicted octanol–water partition coefficient (Wildman–Crippen LogP) is 2.94. The Hall–Kier alpha value is -3.56. The highest BCUT2D eigenvalue weighted by molar-refractivity contribution is 7.89. The molecule has 0 unspecified atom stereocenters. The lowest BCUT2D eigenvalue weighted by molar-refractivity contribution is -0.387. The number of carbonyl (C=O) groups is 1. The van der Waals surface area contributed by atoms with E-state index in [1.54, 1.807) is 0 Å². The molecule has 1 N–H and O–H groups in total. The Morgan fingerprint density at radius 3 is 2.03 bits per heavy atom. The van der Waals surface area contributed by atoms with Gasteiger partial charge in [-0.05, 0) is 30.0 Å². The molecule has 3 aromatic carbocycles. The molecule has 0 spiro atoms. The summed E-state index contributed by atoms with van der Waals surface area (Å²) >= 11 is 0. The minimum Gasteiger partial charge on any atom is -0.350 e. The number of nitro benzene ring substituents is 1. The molecule has 33 heavy (non-hydrogen) atoms. The number of para-hydroxylation sites is 1. The van der Waals surface area contributed by atoms with Gasteiger partial charge in [0.2, 0.25) is 5.91 Å². The molecule has 1 amide bonds. The van der Waals surface area contributed by atoms with E-state index in [2.05, 4.69) is 5.32 Å². The van der Waals surface area contributed by atoms with Crippen molar-refractivity contribution in [1.29, 1.82) is 0 Å². The predicted molar refractivity (Wildman–Crippen MR) is 123 cm³/mol. The first-order valence-corrected chi connectivity index (χ1v) is 11.9. The van der Waals surface area contributed by atoms with Gasteiger partial charge in [0.25, 0.3) is 15.7 Å².